The molecule has 2 aromatic rings. The van der Waals surface area contributed by atoms with Crippen LogP contribution in [0.1, 0.15) is 18.4 Å². The van der Waals surface area contributed by atoms with E-state index in [1.54, 1.807) is 23.5 Å². The highest BCUT2D eigenvalue weighted by Crippen LogP contribution is 2.20. The van der Waals surface area contributed by atoms with Crippen molar-refractivity contribution in [2.75, 3.05) is 51.1 Å². The maximum absolute atomic E-state index is 13.0. The highest BCUT2D eigenvalue weighted by molar-refractivity contribution is 7.07. The first-order valence-corrected chi connectivity index (χ1v) is 11.8. The second kappa shape index (κ2) is 10.3. The maximum Gasteiger partial charge on any atom is 0.236 e. The van der Waals surface area contributed by atoms with Crippen LogP contribution >= 0.6 is 11.3 Å². The summed E-state index contributed by atoms with van der Waals surface area (Å²) < 4.78 is 13.0. The molecule has 2 aliphatic heterocycles. The van der Waals surface area contributed by atoms with Crippen LogP contribution in [0.2, 0.25) is 0 Å². The Morgan fingerprint density at radius 2 is 1.68 bits per heavy atom. The van der Waals surface area contributed by atoms with Gasteiger partial charge in [-0.2, -0.15) is 11.3 Å². The zero-order valence-corrected chi connectivity index (χ0v) is 18.5. The predicted octanol–water partition coefficient (Wildman–Crippen LogP) is 2.88. The second-order valence-electron chi connectivity index (χ2n) is 8.34. The number of carbonyl (C=O) groups is 2. The normalized spacial score (nSPS) is 18.8. The summed E-state index contributed by atoms with van der Waals surface area (Å²) in [6.45, 7) is 6.24. The molecule has 3 heterocycles. The van der Waals surface area contributed by atoms with Gasteiger partial charge in [-0.25, -0.2) is 4.39 Å². The number of halogens is 1. The monoisotopic (exact) mass is 444 g/mol. The molecule has 0 aliphatic carbocycles. The van der Waals surface area contributed by atoms with E-state index in [1.165, 1.54) is 17.7 Å². The quantitative estimate of drug-likeness (QED) is 0.745. The molecule has 2 amide bonds. The number of nitrogens with one attached hydrogen (secondary N) is 1. The van der Waals surface area contributed by atoms with Crippen molar-refractivity contribution in [2.45, 2.75) is 19.4 Å². The van der Waals surface area contributed by atoms with Crippen molar-refractivity contribution in [3.05, 3.63) is 52.5 Å². The van der Waals surface area contributed by atoms with Gasteiger partial charge in [-0.1, -0.05) is 0 Å². The van der Waals surface area contributed by atoms with Gasteiger partial charge < -0.3 is 10.2 Å². The Hall–Kier alpha value is -2.29. The number of anilines is 1. The van der Waals surface area contributed by atoms with Gasteiger partial charge in [-0.3, -0.25) is 19.4 Å². The third-order valence-electron chi connectivity index (χ3n) is 6.14. The molecule has 0 spiro atoms. The molecule has 0 saturated carbocycles. The van der Waals surface area contributed by atoms with Gasteiger partial charge in [0, 0.05) is 44.3 Å². The highest BCUT2D eigenvalue weighted by Gasteiger charge is 2.28. The Kier molecular flexibility index (Phi) is 7.32. The molecule has 4 rings (SSSR count). The third-order valence-corrected chi connectivity index (χ3v) is 6.87. The number of piperazine rings is 1. The van der Waals surface area contributed by atoms with E-state index < -0.39 is 0 Å². The standard InChI is InChI=1S/C23H29FN4O2S/c24-20-1-3-21(4-2-20)25-23(30)19-5-8-26(9-6-19)16-22(29)28-12-10-27(11-13-28)15-18-7-14-31-17-18/h1-4,7,14,17,19H,5-6,8-13,15-16H2,(H,25,30). The number of hydrogen-bond acceptors (Lipinski definition) is 5. The predicted molar refractivity (Wildman–Crippen MR) is 120 cm³/mol. The van der Waals surface area contributed by atoms with Crippen LogP contribution < -0.4 is 5.32 Å². The minimum Gasteiger partial charge on any atom is -0.339 e. The topological polar surface area (TPSA) is 55.9 Å². The highest BCUT2D eigenvalue weighted by atomic mass is 32.1. The molecule has 0 radical (unpaired) electrons. The minimum atomic E-state index is -0.320. The summed E-state index contributed by atoms with van der Waals surface area (Å²) in [6.07, 6.45) is 1.46. The zero-order chi connectivity index (χ0) is 21.6. The van der Waals surface area contributed by atoms with E-state index in [-0.39, 0.29) is 23.5 Å². The Labute approximate surface area is 186 Å². The first kappa shape index (κ1) is 21.9. The molecule has 1 aromatic heterocycles. The van der Waals surface area contributed by atoms with Gasteiger partial charge in [0.1, 0.15) is 5.82 Å². The fourth-order valence-electron chi connectivity index (χ4n) is 4.22. The summed E-state index contributed by atoms with van der Waals surface area (Å²) >= 11 is 1.72. The van der Waals surface area contributed by atoms with Crippen molar-refractivity contribution < 1.29 is 14.0 Å². The summed E-state index contributed by atoms with van der Waals surface area (Å²) in [5.41, 5.74) is 1.96. The van der Waals surface area contributed by atoms with E-state index >= 15 is 0 Å². The first-order chi connectivity index (χ1) is 15.1. The van der Waals surface area contributed by atoms with E-state index in [4.69, 9.17) is 0 Å². The van der Waals surface area contributed by atoms with Crippen LogP contribution in [0.15, 0.2) is 41.1 Å². The largest absolute Gasteiger partial charge is 0.339 e. The molecule has 0 bridgehead atoms. The number of hydrogen-bond donors (Lipinski definition) is 1. The van der Waals surface area contributed by atoms with Crippen molar-refractivity contribution in [2.24, 2.45) is 5.92 Å². The summed E-state index contributed by atoms with van der Waals surface area (Å²) in [5, 5.41) is 7.15. The Morgan fingerprint density at radius 1 is 0.968 bits per heavy atom. The second-order valence-corrected chi connectivity index (χ2v) is 9.12. The number of thiophene rings is 1. The number of piperidine rings is 1. The lowest BCUT2D eigenvalue weighted by Crippen LogP contribution is -2.51. The van der Waals surface area contributed by atoms with Gasteiger partial charge in [0.25, 0.3) is 0 Å². The van der Waals surface area contributed by atoms with Crippen molar-refractivity contribution in [1.29, 1.82) is 0 Å². The molecule has 166 valence electrons. The summed E-state index contributed by atoms with van der Waals surface area (Å²) in [7, 11) is 0. The van der Waals surface area contributed by atoms with Gasteiger partial charge in [-0.05, 0) is 72.6 Å². The summed E-state index contributed by atoms with van der Waals surface area (Å²) in [6, 6.07) is 7.98. The molecule has 8 heteroatoms. The Balaban J connectivity index is 1.16. The number of amides is 2. The molecule has 2 fully saturated rings. The summed E-state index contributed by atoms with van der Waals surface area (Å²) in [4.78, 5) is 31.7. The van der Waals surface area contributed by atoms with Crippen LogP contribution in [-0.4, -0.2) is 72.3 Å². The van der Waals surface area contributed by atoms with E-state index in [9.17, 15) is 14.0 Å². The van der Waals surface area contributed by atoms with E-state index in [2.05, 4.69) is 31.9 Å². The lowest BCUT2D eigenvalue weighted by Gasteiger charge is -2.37. The van der Waals surface area contributed by atoms with Crippen molar-refractivity contribution in [3.8, 4) is 0 Å². The van der Waals surface area contributed by atoms with E-state index in [1.807, 2.05) is 4.90 Å². The number of benzene rings is 1. The van der Waals surface area contributed by atoms with Gasteiger partial charge in [0.2, 0.25) is 11.8 Å². The van der Waals surface area contributed by atoms with Crippen molar-refractivity contribution >= 4 is 28.8 Å². The van der Waals surface area contributed by atoms with E-state index in [0.717, 1.165) is 58.7 Å². The SMILES string of the molecule is O=C(Nc1ccc(F)cc1)C1CCN(CC(=O)N2CCN(Cc3ccsc3)CC2)CC1. The molecule has 0 unspecified atom stereocenters. The molecule has 1 N–H and O–H groups in total. The number of nitrogens with zero attached hydrogens (tertiary/aromatic N) is 3. The van der Waals surface area contributed by atoms with Crippen LogP contribution in [0.5, 0.6) is 0 Å². The fourth-order valence-corrected chi connectivity index (χ4v) is 4.88. The number of likely N-dealkylation sites (tertiary alicyclic amines) is 1. The number of carbonyl (C=O) groups excluding carboxylic acids is 2. The molecule has 1 aromatic carbocycles. The van der Waals surface area contributed by atoms with Gasteiger partial charge in [-0.15, -0.1) is 0 Å². The third kappa shape index (κ3) is 6.12. The van der Waals surface area contributed by atoms with Gasteiger partial charge in [0.05, 0.1) is 6.54 Å². The molecule has 2 saturated heterocycles. The number of rotatable bonds is 6. The molecular weight excluding hydrogens is 415 g/mol. The average molecular weight is 445 g/mol. The fraction of sp³-hybridized carbons (Fsp3) is 0.478. The molecule has 2 aliphatic rings. The minimum absolute atomic E-state index is 0.0284. The molecule has 6 nitrogen and oxygen atoms in total. The summed E-state index contributed by atoms with van der Waals surface area (Å²) in [5.74, 6) is -0.236. The van der Waals surface area contributed by atoms with Gasteiger partial charge >= 0.3 is 0 Å². The smallest absolute Gasteiger partial charge is 0.236 e. The van der Waals surface area contributed by atoms with Crippen LogP contribution in [0.4, 0.5) is 10.1 Å². The molecular formula is C23H29FN4O2S. The lowest BCUT2D eigenvalue weighted by molar-refractivity contribution is -0.134. The van der Waals surface area contributed by atoms with Gasteiger partial charge in [0.15, 0.2) is 0 Å². The molecule has 31 heavy (non-hydrogen) atoms. The average Bonchev–Trinajstić information content (AvgIpc) is 3.29. The lowest BCUT2D eigenvalue weighted by atomic mass is 9.95. The van der Waals surface area contributed by atoms with Crippen LogP contribution in [0.25, 0.3) is 0 Å². The Bertz CT molecular complexity index is 858. The van der Waals surface area contributed by atoms with Crippen molar-refractivity contribution in [1.82, 2.24) is 14.7 Å². The zero-order valence-electron chi connectivity index (χ0n) is 17.6. The van der Waals surface area contributed by atoms with Crippen LogP contribution in [-0.2, 0) is 16.1 Å². The first-order valence-electron chi connectivity index (χ1n) is 10.9. The van der Waals surface area contributed by atoms with Crippen LogP contribution in [0.3, 0.4) is 0 Å². The van der Waals surface area contributed by atoms with E-state index in [0.29, 0.717) is 12.2 Å². The van der Waals surface area contributed by atoms with Crippen LogP contribution in [0, 0.1) is 11.7 Å². The van der Waals surface area contributed by atoms with Crippen molar-refractivity contribution in [3.63, 3.8) is 0 Å². The Morgan fingerprint density at radius 3 is 2.32 bits per heavy atom. The maximum atomic E-state index is 13.0. The molecule has 0 atom stereocenters.